The average Bonchev–Trinajstić information content (AvgIpc) is 2.84. The zero-order valence-corrected chi connectivity index (χ0v) is 21.0. The zero-order valence-electron chi connectivity index (χ0n) is 20.2. The molecule has 7 nitrogen and oxygen atoms in total. The Morgan fingerprint density at radius 2 is 1.97 bits per heavy atom. The molecule has 3 rings (SSSR count). The van der Waals surface area contributed by atoms with Crippen molar-refractivity contribution >= 4 is 40.9 Å². The number of nitriles is 1. The first-order valence-electron chi connectivity index (χ1n) is 11.6. The van der Waals surface area contributed by atoms with Gasteiger partial charge in [0.2, 0.25) is 0 Å². The van der Waals surface area contributed by atoms with Crippen LogP contribution in [0, 0.1) is 17.1 Å². The van der Waals surface area contributed by atoms with Gasteiger partial charge in [-0.25, -0.2) is 9.37 Å². The highest BCUT2D eigenvalue weighted by Crippen LogP contribution is 2.42. The van der Waals surface area contributed by atoms with Gasteiger partial charge in [-0.1, -0.05) is 25.6 Å². The van der Waals surface area contributed by atoms with Crippen molar-refractivity contribution in [3.05, 3.63) is 53.1 Å². The number of thiocarbonyl (C=S) groups is 1. The lowest BCUT2D eigenvalue weighted by atomic mass is 9.74. The summed E-state index contributed by atoms with van der Waals surface area (Å²) in [5.74, 6) is -1.93. The van der Waals surface area contributed by atoms with Crippen LogP contribution in [-0.4, -0.2) is 41.4 Å². The van der Waals surface area contributed by atoms with Crippen molar-refractivity contribution in [2.24, 2.45) is 0 Å². The predicted molar refractivity (Wildman–Crippen MR) is 134 cm³/mol. The van der Waals surface area contributed by atoms with E-state index in [1.807, 2.05) is 6.92 Å². The summed E-state index contributed by atoms with van der Waals surface area (Å²) >= 11 is 5.16. The van der Waals surface area contributed by atoms with E-state index in [2.05, 4.69) is 10.3 Å². The Morgan fingerprint density at radius 3 is 2.49 bits per heavy atom. The van der Waals surface area contributed by atoms with E-state index in [0.29, 0.717) is 31.9 Å². The van der Waals surface area contributed by atoms with Crippen molar-refractivity contribution < 1.29 is 27.2 Å². The van der Waals surface area contributed by atoms with Crippen LogP contribution >= 0.6 is 12.2 Å². The van der Waals surface area contributed by atoms with Crippen LogP contribution in [0.25, 0.3) is 0 Å². The van der Waals surface area contributed by atoms with Gasteiger partial charge in [-0.2, -0.15) is 18.4 Å². The normalized spacial score (nSPS) is 14.2. The SMILES string of the molecule is CCCCNC(=O)c1ccc(N(C=S)C2(C(=O)N(C)c3cnc(C#N)c(C(F)(F)F)c3)CCC2)cc1F. The molecule has 1 aliphatic carbocycles. The standard InChI is InChI=1S/C25H25F4N5O2S/c1-3-4-10-31-22(35)18-7-6-16(12-20(18)26)34(15-37)24(8-5-9-24)23(36)33(2)17-11-19(25(27,28)29)21(13-30)32-14-17/h6-7,11-12,14-15H,3-5,8-10H2,1-2H3,(H,31,35). The van der Waals surface area contributed by atoms with Crippen molar-refractivity contribution in [3.8, 4) is 6.07 Å². The fourth-order valence-corrected chi connectivity index (χ4v) is 4.49. The number of halogens is 4. The molecule has 0 saturated heterocycles. The number of aromatic nitrogens is 1. The van der Waals surface area contributed by atoms with Gasteiger partial charge in [0.15, 0.2) is 5.69 Å². The molecule has 1 aromatic heterocycles. The lowest BCUT2D eigenvalue weighted by molar-refractivity contribution is -0.138. The highest BCUT2D eigenvalue weighted by atomic mass is 32.1. The number of hydrogen-bond acceptors (Lipinski definition) is 5. The molecular weight excluding hydrogens is 510 g/mol. The number of unbranched alkanes of at least 4 members (excludes halogenated alkanes) is 1. The third-order valence-corrected chi connectivity index (χ3v) is 6.62. The minimum absolute atomic E-state index is 0.154. The largest absolute Gasteiger partial charge is 0.419 e. The van der Waals surface area contributed by atoms with Gasteiger partial charge >= 0.3 is 6.18 Å². The predicted octanol–water partition coefficient (Wildman–Crippen LogP) is 4.99. The first-order chi connectivity index (χ1) is 17.5. The Kier molecular flexibility index (Phi) is 8.48. The van der Waals surface area contributed by atoms with Gasteiger partial charge in [0.05, 0.1) is 28.5 Å². The zero-order chi connectivity index (χ0) is 27.4. The quantitative estimate of drug-likeness (QED) is 0.277. The van der Waals surface area contributed by atoms with Crippen molar-refractivity contribution in [2.45, 2.75) is 50.7 Å². The van der Waals surface area contributed by atoms with E-state index in [0.717, 1.165) is 30.0 Å². The van der Waals surface area contributed by atoms with Crippen LogP contribution in [0.2, 0.25) is 0 Å². The molecule has 0 spiro atoms. The first kappa shape index (κ1) is 28.0. The third-order valence-electron chi connectivity index (χ3n) is 6.41. The Hall–Kier alpha value is -3.59. The van der Waals surface area contributed by atoms with E-state index >= 15 is 0 Å². The summed E-state index contributed by atoms with van der Waals surface area (Å²) < 4.78 is 55.2. The molecule has 2 aromatic rings. The van der Waals surface area contributed by atoms with Gasteiger partial charge in [-0.05, 0) is 49.9 Å². The number of carbonyl (C=O) groups is 2. The second-order valence-electron chi connectivity index (χ2n) is 8.70. The molecule has 0 unspecified atom stereocenters. The molecule has 12 heteroatoms. The van der Waals surface area contributed by atoms with Crippen LogP contribution in [0.3, 0.4) is 0 Å². The number of nitrogens with one attached hydrogen (secondary N) is 1. The molecule has 37 heavy (non-hydrogen) atoms. The Labute approximate surface area is 217 Å². The van der Waals surface area contributed by atoms with Gasteiger partial charge in [0, 0.05) is 19.3 Å². The number of pyridine rings is 1. The molecule has 1 aliphatic rings. The number of alkyl halides is 3. The fourth-order valence-electron chi connectivity index (χ4n) is 4.16. The fraction of sp³-hybridized carbons (Fsp3) is 0.400. The Morgan fingerprint density at radius 1 is 1.27 bits per heavy atom. The van der Waals surface area contributed by atoms with Crippen LogP contribution in [0.1, 0.15) is 60.6 Å². The number of amides is 2. The number of rotatable bonds is 9. The topological polar surface area (TPSA) is 89.3 Å². The number of nitrogens with zero attached hydrogens (tertiary/aromatic N) is 4. The highest BCUT2D eigenvalue weighted by Gasteiger charge is 2.51. The smallest absolute Gasteiger partial charge is 0.352 e. The van der Waals surface area contributed by atoms with Crippen LogP contribution in [-0.2, 0) is 11.0 Å². The second kappa shape index (κ2) is 11.2. The lowest BCUT2D eigenvalue weighted by Crippen LogP contribution is -2.63. The molecule has 1 heterocycles. The molecule has 0 aliphatic heterocycles. The van der Waals surface area contributed by atoms with Gasteiger partial charge < -0.3 is 15.1 Å². The van der Waals surface area contributed by atoms with Crippen LogP contribution in [0.4, 0.5) is 28.9 Å². The molecule has 0 atom stereocenters. The van der Waals surface area contributed by atoms with Gasteiger partial charge in [-0.15, -0.1) is 0 Å². The lowest BCUT2D eigenvalue weighted by Gasteiger charge is -2.49. The Bertz CT molecular complexity index is 1240. The molecule has 0 radical (unpaired) electrons. The summed E-state index contributed by atoms with van der Waals surface area (Å²) in [4.78, 5) is 31.9. The number of hydrogen-bond donors (Lipinski definition) is 1. The van der Waals surface area contributed by atoms with Crippen molar-refractivity contribution in [3.63, 3.8) is 0 Å². The molecule has 1 N–H and O–H groups in total. The van der Waals surface area contributed by atoms with E-state index in [-0.39, 0.29) is 16.9 Å². The number of likely N-dealkylation sites (N-methyl/N-ethyl adjacent to an activating group) is 1. The van der Waals surface area contributed by atoms with Gasteiger partial charge in [-0.3, -0.25) is 9.59 Å². The molecule has 1 fully saturated rings. The summed E-state index contributed by atoms with van der Waals surface area (Å²) in [6, 6.07) is 5.99. The number of benzene rings is 1. The molecule has 2 amide bonds. The maximum absolute atomic E-state index is 14.9. The number of carbonyl (C=O) groups excluding carboxylic acids is 2. The van der Waals surface area contributed by atoms with Crippen LogP contribution in [0.5, 0.6) is 0 Å². The van der Waals surface area contributed by atoms with E-state index in [1.165, 1.54) is 35.6 Å². The summed E-state index contributed by atoms with van der Waals surface area (Å²) in [5, 5.41) is 11.6. The van der Waals surface area contributed by atoms with Crippen LogP contribution in [0.15, 0.2) is 30.5 Å². The molecule has 196 valence electrons. The molecule has 1 saturated carbocycles. The Balaban J connectivity index is 1.92. The van der Waals surface area contributed by atoms with E-state index in [1.54, 1.807) is 0 Å². The summed E-state index contributed by atoms with van der Waals surface area (Å²) in [7, 11) is 1.30. The van der Waals surface area contributed by atoms with E-state index < -0.39 is 40.6 Å². The maximum atomic E-state index is 14.9. The second-order valence-corrected chi connectivity index (χ2v) is 8.91. The summed E-state index contributed by atoms with van der Waals surface area (Å²) in [5.41, 5.74) is -2.20. The van der Waals surface area contributed by atoms with E-state index in [9.17, 15) is 27.2 Å². The minimum atomic E-state index is -4.84. The minimum Gasteiger partial charge on any atom is -0.352 e. The highest BCUT2D eigenvalue weighted by molar-refractivity contribution is 7.79. The molecule has 1 aromatic carbocycles. The van der Waals surface area contributed by atoms with Crippen molar-refractivity contribution in [2.75, 3.05) is 23.4 Å². The molecule has 0 bridgehead atoms. The monoisotopic (exact) mass is 535 g/mol. The van der Waals surface area contributed by atoms with Crippen LogP contribution < -0.4 is 15.1 Å². The molecular formula is C25H25F4N5O2S. The van der Waals surface area contributed by atoms with Gasteiger partial charge in [0.25, 0.3) is 11.8 Å². The van der Waals surface area contributed by atoms with Crippen molar-refractivity contribution in [1.82, 2.24) is 10.3 Å². The number of anilines is 2. The average molecular weight is 536 g/mol. The van der Waals surface area contributed by atoms with Gasteiger partial charge in [0.1, 0.15) is 17.4 Å². The maximum Gasteiger partial charge on any atom is 0.419 e. The van der Waals surface area contributed by atoms with Crippen molar-refractivity contribution in [1.29, 1.82) is 5.26 Å². The summed E-state index contributed by atoms with van der Waals surface area (Å²) in [6.07, 6.45) is -0.924. The summed E-state index contributed by atoms with van der Waals surface area (Å²) in [6.45, 7) is 2.37. The third kappa shape index (κ3) is 5.56. The first-order valence-corrected chi connectivity index (χ1v) is 12.0. The van der Waals surface area contributed by atoms with E-state index in [4.69, 9.17) is 17.5 Å².